The summed E-state index contributed by atoms with van der Waals surface area (Å²) in [7, 11) is -3.72. The lowest BCUT2D eigenvalue weighted by Gasteiger charge is -2.30. The van der Waals surface area contributed by atoms with Crippen LogP contribution in [0.1, 0.15) is 33.6 Å². The molecule has 1 aliphatic heterocycles. The summed E-state index contributed by atoms with van der Waals surface area (Å²) in [6.07, 6.45) is 1.44. The number of carbonyl (C=O) groups excluding carboxylic acids is 1. The summed E-state index contributed by atoms with van der Waals surface area (Å²) in [5, 5.41) is 12.5. The van der Waals surface area contributed by atoms with Crippen LogP contribution >= 0.6 is 34.5 Å². The number of hydrogen-bond donors (Lipinski definition) is 1. The number of nitrogens with one attached hydrogen (secondary N) is 1. The van der Waals surface area contributed by atoms with Crippen LogP contribution in [0.3, 0.4) is 0 Å². The zero-order valence-electron chi connectivity index (χ0n) is 16.2. The molecule has 1 fully saturated rings. The predicted molar refractivity (Wildman–Crippen MR) is 122 cm³/mol. The molecular weight excluding hydrogens is 479 g/mol. The van der Waals surface area contributed by atoms with Crippen LogP contribution in [0, 0.1) is 0 Å². The maximum absolute atomic E-state index is 13.1. The van der Waals surface area contributed by atoms with E-state index in [9.17, 15) is 13.2 Å². The summed E-state index contributed by atoms with van der Waals surface area (Å²) in [5.41, 5.74) is 0.559. The van der Waals surface area contributed by atoms with Gasteiger partial charge in [-0.25, -0.2) is 8.42 Å². The largest absolute Gasteiger partial charge is 0.320 e. The Morgan fingerprint density at radius 1 is 1.13 bits per heavy atom. The monoisotopic (exact) mass is 496 g/mol. The molecule has 1 aliphatic rings. The molecule has 162 valence electrons. The van der Waals surface area contributed by atoms with Gasteiger partial charge in [0.1, 0.15) is 9.90 Å². The number of sulfonamides is 1. The molecule has 2 heterocycles. The first-order chi connectivity index (χ1) is 14.8. The molecule has 1 saturated heterocycles. The molecule has 1 N–H and O–H groups in total. The van der Waals surface area contributed by atoms with Gasteiger partial charge in [0, 0.05) is 29.7 Å². The average Bonchev–Trinajstić information content (AvgIpc) is 3.25. The minimum Gasteiger partial charge on any atom is -0.320 e. The van der Waals surface area contributed by atoms with Gasteiger partial charge in [0.25, 0.3) is 5.91 Å². The third kappa shape index (κ3) is 4.91. The van der Waals surface area contributed by atoms with Gasteiger partial charge >= 0.3 is 0 Å². The van der Waals surface area contributed by atoms with E-state index in [0.717, 1.165) is 6.42 Å². The summed E-state index contributed by atoms with van der Waals surface area (Å²) in [6.45, 7) is 0.670. The van der Waals surface area contributed by atoms with E-state index in [0.29, 0.717) is 28.7 Å². The minimum atomic E-state index is -3.72. The summed E-state index contributed by atoms with van der Waals surface area (Å²) < 4.78 is 27.6. The fourth-order valence-electron chi connectivity index (χ4n) is 3.40. The van der Waals surface area contributed by atoms with Crippen LogP contribution in [0.15, 0.2) is 53.4 Å². The van der Waals surface area contributed by atoms with Crippen LogP contribution in [0.5, 0.6) is 0 Å². The van der Waals surface area contributed by atoms with E-state index < -0.39 is 10.0 Å². The van der Waals surface area contributed by atoms with Gasteiger partial charge in [-0.3, -0.25) is 4.79 Å². The number of anilines is 1. The molecule has 0 radical (unpaired) electrons. The average molecular weight is 497 g/mol. The van der Waals surface area contributed by atoms with Crippen LogP contribution in [0.2, 0.25) is 10.0 Å². The quantitative estimate of drug-likeness (QED) is 0.554. The summed E-state index contributed by atoms with van der Waals surface area (Å²) >= 11 is 13.2. The van der Waals surface area contributed by atoms with Crippen molar-refractivity contribution in [2.75, 3.05) is 18.4 Å². The van der Waals surface area contributed by atoms with Gasteiger partial charge in [0.15, 0.2) is 0 Å². The van der Waals surface area contributed by atoms with E-state index in [1.54, 1.807) is 42.5 Å². The highest BCUT2D eigenvalue weighted by Crippen LogP contribution is 2.33. The molecule has 0 saturated carbocycles. The lowest BCUT2D eigenvalue weighted by molar-refractivity contribution is 0.102. The predicted octanol–water partition coefficient (Wildman–Crippen LogP) is 4.67. The third-order valence-corrected chi connectivity index (χ3v) is 8.59. The molecule has 1 aromatic heterocycles. The minimum absolute atomic E-state index is 0.0937. The van der Waals surface area contributed by atoms with Crippen LogP contribution in [0.4, 0.5) is 5.69 Å². The van der Waals surface area contributed by atoms with Gasteiger partial charge in [-0.1, -0.05) is 52.7 Å². The van der Waals surface area contributed by atoms with Crippen molar-refractivity contribution >= 4 is 56.2 Å². The maximum atomic E-state index is 13.1. The van der Waals surface area contributed by atoms with E-state index in [2.05, 4.69) is 15.5 Å². The molecular formula is C20H18Cl2N4O3S2. The molecule has 1 unspecified atom stereocenters. The van der Waals surface area contributed by atoms with E-state index in [1.807, 2.05) is 0 Å². The van der Waals surface area contributed by atoms with Gasteiger partial charge in [0.05, 0.1) is 5.02 Å². The fourth-order valence-corrected chi connectivity index (χ4v) is 6.47. The highest BCUT2D eigenvalue weighted by molar-refractivity contribution is 7.89. The molecule has 3 aromatic rings. The molecule has 0 spiro atoms. The van der Waals surface area contributed by atoms with Crippen molar-refractivity contribution < 1.29 is 13.2 Å². The maximum Gasteiger partial charge on any atom is 0.286 e. The van der Waals surface area contributed by atoms with Crippen LogP contribution < -0.4 is 5.32 Å². The molecule has 0 aliphatic carbocycles. The van der Waals surface area contributed by atoms with E-state index in [1.165, 1.54) is 21.7 Å². The first kappa shape index (κ1) is 22.2. The number of hydrogen-bond acceptors (Lipinski definition) is 6. The molecule has 0 bridgehead atoms. The number of amides is 1. The molecule has 2 aromatic carbocycles. The van der Waals surface area contributed by atoms with Crippen molar-refractivity contribution in [2.45, 2.75) is 23.7 Å². The van der Waals surface area contributed by atoms with Gasteiger partial charge in [-0.05, 0) is 43.2 Å². The Labute approximate surface area is 194 Å². The van der Waals surface area contributed by atoms with Crippen molar-refractivity contribution in [3.05, 3.63) is 68.6 Å². The molecule has 31 heavy (non-hydrogen) atoms. The number of halogens is 2. The lowest BCUT2D eigenvalue weighted by Crippen LogP contribution is -2.39. The highest BCUT2D eigenvalue weighted by atomic mass is 35.5. The third-order valence-electron chi connectivity index (χ3n) is 4.91. The van der Waals surface area contributed by atoms with Crippen LogP contribution in [-0.2, 0) is 10.0 Å². The van der Waals surface area contributed by atoms with Crippen molar-refractivity contribution in [3.63, 3.8) is 0 Å². The van der Waals surface area contributed by atoms with Crippen molar-refractivity contribution in [3.8, 4) is 0 Å². The van der Waals surface area contributed by atoms with E-state index in [-0.39, 0.29) is 33.3 Å². The van der Waals surface area contributed by atoms with Gasteiger partial charge in [-0.15, -0.1) is 10.2 Å². The Morgan fingerprint density at radius 2 is 1.94 bits per heavy atom. The summed E-state index contributed by atoms with van der Waals surface area (Å²) in [4.78, 5) is 12.6. The number of aromatic nitrogens is 2. The van der Waals surface area contributed by atoms with Crippen molar-refractivity contribution in [1.29, 1.82) is 0 Å². The second kappa shape index (κ2) is 9.22. The zero-order chi connectivity index (χ0) is 22.0. The Kier molecular flexibility index (Phi) is 6.59. The second-order valence-electron chi connectivity index (χ2n) is 7.04. The molecule has 11 heteroatoms. The van der Waals surface area contributed by atoms with Gasteiger partial charge in [0.2, 0.25) is 15.0 Å². The fraction of sp³-hybridized carbons (Fsp3) is 0.250. The number of rotatable bonds is 5. The normalized spacial score (nSPS) is 17.4. The Hall–Kier alpha value is -2.04. The topological polar surface area (TPSA) is 92.3 Å². The summed E-state index contributed by atoms with van der Waals surface area (Å²) in [6, 6.07) is 13.2. The van der Waals surface area contributed by atoms with E-state index >= 15 is 0 Å². The first-order valence-corrected chi connectivity index (χ1v) is 12.5. The van der Waals surface area contributed by atoms with Crippen LogP contribution in [-0.4, -0.2) is 41.9 Å². The second-order valence-corrected chi connectivity index (χ2v) is 10.8. The van der Waals surface area contributed by atoms with Crippen molar-refractivity contribution in [1.82, 2.24) is 14.5 Å². The highest BCUT2D eigenvalue weighted by Gasteiger charge is 2.33. The molecule has 7 nitrogen and oxygen atoms in total. The van der Waals surface area contributed by atoms with Gasteiger partial charge < -0.3 is 5.32 Å². The zero-order valence-corrected chi connectivity index (χ0v) is 19.3. The van der Waals surface area contributed by atoms with Crippen LogP contribution in [0.25, 0.3) is 0 Å². The molecule has 1 amide bonds. The lowest BCUT2D eigenvalue weighted by atomic mass is 10.0. The standard InChI is InChI=1S/C20H18Cl2N4O3S2/c21-14-6-3-7-15(11-14)23-18(27)20-25-24-19(30-20)13-5-4-10-26(12-13)31(28,29)17-9-2-1-8-16(17)22/h1-3,6-9,11,13H,4-5,10,12H2,(H,23,27). The smallest absolute Gasteiger partial charge is 0.286 e. The number of piperidine rings is 1. The first-order valence-electron chi connectivity index (χ1n) is 9.49. The van der Waals surface area contributed by atoms with E-state index in [4.69, 9.17) is 23.2 Å². The number of nitrogens with zero attached hydrogens (tertiary/aromatic N) is 3. The SMILES string of the molecule is O=C(Nc1cccc(Cl)c1)c1nnc(C2CCCN(S(=O)(=O)c3ccccc3Cl)C2)s1. The Morgan fingerprint density at radius 3 is 2.71 bits per heavy atom. The molecule has 1 atom stereocenters. The number of carbonyl (C=O) groups is 1. The number of benzene rings is 2. The summed E-state index contributed by atoms with van der Waals surface area (Å²) in [5.74, 6) is -0.529. The Balaban J connectivity index is 1.49. The Bertz CT molecular complexity index is 1220. The van der Waals surface area contributed by atoms with Crippen molar-refractivity contribution in [2.24, 2.45) is 0 Å². The van der Waals surface area contributed by atoms with Gasteiger partial charge in [-0.2, -0.15) is 4.31 Å². The molecule has 4 rings (SSSR count).